The van der Waals surface area contributed by atoms with Gasteiger partial charge in [0.25, 0.3) is 0 Å². The number of ketones is 1. The van der Waals surface area contributed by atoms with Crippen LogP contribution < -0.4 is 0 Å². The normalized spacial score (nSPS) is 7.14. The molecule has 0 unspecified atom stereocenters. The molecule has 0 aliphatic heterocycles. The maximum absolute atomic E-state index is 10.2. The maximum atomic E-state index is 10.2. The molecule has 0 spiro atoms. The van der Waals surface area contributed by atoms with Gasteiger partial charge < -0.3 is 0 Å². The van der Waals surface area contributed by atoms with Crippen LogP contribution in [-0.2, 0) is 4.79 Å². The van der Waals surface area contributed by atoms with E-state index in [1.54, 1.807) is 0 Å². The minimum Gasteiger partial charge on any atom is -0.300 e. The molecule has 0 atom stereocenters. The molecule has 0 aliphatic carbocycles. The van der Waals surface area contributed by atoms with E-state index in [0.717, 1.165) is 0 Å². The topological polar surface area (TPSA) is 17.1 Å². The molecule has 44 valence electrons. The predicted molar refractivity (Wildman–Crippen MR) is 28.1 cm³/mol. The van der Waals surface area contributed by atoms with Crippen LogP contribution in [0.2, 0.25) is 0 Å². The van der Waals surface area contributed by atoms with Crippen molar-refractivity contribution in [3.63, 3.8) is 0 Å². The highest BCUT2D eigenvalue weighted by Gasteiger charge is 1.86. The fraction of sp³-hybridized carbons (Fsp3) is 0.800. The van der Waals surface area contributed by atoms with Crippen molar-refractivity contribution < 1.29 is 9.50 Å². The molecule has 0 bridgehead atoms. The molecular formula is C5H11FO. The minimum absolute atomic E-state index is 0. The average Bonchev–Trinajstić information content (AvgIpc) is 1.65. The number of Topliss-reactive ketones (excluding diaryl/α,β-unsaturated/α-hetero) is 1. The van der Waals surface area contributed by atoms with Crippen molar-refractivity contribution >= 4 is 5.78 Å². The molecule has 0 rings (SSSR count). The molecule has 0 saturated carbocycles. The van der Waals surface area contributed by atoms with Crippen LogP contribution in [-0.4, -0.2) is 5.78 Å². The van der Waals surface area contributed by atoms with Gasteiger partial charge in [-0.1, -0.05) is 13.8 Å². The van der Waals surface area contributed by atoms with Crippen molar-refractivity contribution in [3.05, 3.63) is 0 Å². The predicted octanol–water partition coefficient (Wildman–Crippen LogP) is 1.53. The van der Waals surface area contributed by atoms with Gasteiger partial charge in [-0.3, -0.25) is 9.50 Å². The van der Waals surface area contributed by atoms with E-state index < -0.39 is 0 Å². The zero-order chi connectivity index (χ0) is 4.99. The lowest BCUT2D eigenvalue weighted by Gasteiger charge is -1.81. The molecule has 0 saturated heterocycles. The Kier molecular flexibility index (Phi) is 7.83. The molecular weight excluding hydrogens is 95.1 g/mol. The summed E-state index contributed by atoms with van der Waals surface area (Å²) in [5.74, 6) is 0.343. The van der Waals surface area contributed by atoms with Gasteiger partial charge >= 0.3 is 0 Å². The molecule has 0 N–H and O–H groups in total. The first-order valence-electron chi connectivity index (χ1n) is 2.33. The summed E-state index contributed by atoms with van der Waals surface area (Å²) < 4.78 is 0. The van der Waals surface area contributed by atoms with Crippen LogP contribution in [0.25, 0.3) is 0 Å². The lowest BCUT2D eigenvalue weighted by atomic mass is 10.3. The summed E-state index contributed by atoms with van der Waals surface area (Å²) in [6.07, 6.45) is 1.38. The SMILES string of the molecule is CCC(=O)CC.F. The second-order valence-corrected chi connectivity index (χ2v) is 1.25. The summed E-state index contributed by atoms with van der Waals surface area (Å²) in [5, 5.41) is 0. The Morgan fingerprint density at radius 2 is 1.57 bits per heavy atom. The number of rotatable bonds is 2. The van der Waals surface area contributed by atoms with Gasteiger partial charge in [0, 0.05) is 12.8 Å². The van der Waals surface area contributed by atoms with Crippen LogP contribution in [0.3, 0.4) is 0 Å². The minimum atomic E-state index is 0. The fourth-order valence-electron chi connectivity index (χ4n) is 0.250. The molecule has 0 aromatic carbocycles. The summed E-state index contributed by atoms with van der Waals surface area (Å²) >= 11 is 0. The molecule has 0 aliphatic rings. The highest BCUT2D eigenvalue weighted by atomic mass is 19.0. The molecule has 0 radical (unpaired) electrons. The quantitative estimate of drug-likeness (QED) is 0.521. The van der Waals surface area contributed by atoms with E-state index in [1.807, 2.05) is 13.8 Å². The number of halogens is 1. The second kappa shape index (κ2) is 5.60. The van der Waals surface area contributed by atoms with E-state index in [0.29, 0.717) is 18.6 Å². The van der Waals surface area contributed by atoms with Gasteiger partial charge in [-0.2, -0.15) is 0 Å². The van der Waals surface area contributed by atoms with Crippen molar-refractivity contribution in [2.75, 3.05) is 0 Å². The Morgan fingerprint density at radius 1 is 1.29 bits per heavy atom. The van der Waals surface area contributed by atoms with Gasteiger partial charge in [-0.15, -0.1) is 0 Å². The Morgan fingerprint density at radius 3 is 1.57 bits per heavy atom. The molecule has 7 heavy (non-hydrogen) atoms. The zero-order valence-electron chi connectivity index (χ0n) is 4.73. The Balaban J connectivity index is 0. The first kappa shape index (κ1) is 9.78. The summed E-state index contributed by atoms with van der Waals surface area (Å²) in [5.41, 5.74) is 0. The summed E-state index contributed by atoms with van der Waals surface area (Å²) in [7, 11) is 0. The molecule has 0 amide bonds. The molecule has 2 heteroatoms. The van der Waals surface area contributed by atoms with Gasteiger partial charge in [-0.05, 0) is 0 Å². The Labute approximate surface area is 43.1 Å². The Bertz CT molecular complexity index is 46.0. The number of hydrogen-bond acceptors (Lipinski definition) is 1. The molecule has 0 aromatic heterocycles. The molecule has 1 nitrogen and oxygen atoms in total. The van der Waals surface area contributed by atoms with Crippen molar-refractivity contribution in [2.45, 2.75) is 26.7 Å². The van der Waals surface area contributed by atoms with Crippen molar-refractivity contribution in [2.24, 2.45) is 0 Å². The third kappa shape index (κ3) is 5.60. The monoisotopic (exact) mass is 106 g/mol. The van der Waals surface area contributed by atoms with Gasteiger partial charge in [-0.25, -0.2) is 0 Å². The average molecular weight is 106 g/mol. The maximum Gasteiger partial charge on any atom is 0.132 e. The highest BCUT2D eigenvalue weighted by Crippen LogP contribution is 1.82. The van der Waals surface area contributed by atoms with Gasteiger partial charge in [0.05, 0.1) is 0 Å². The zero-order valence-corrected chi connectivity index (χ0v) is 4.73. The van der Waals surface area contributed by atoms with E-state index in [9.17, 15) is 4.79 Å². The van der Waals surface area contributed by atoms with Gasteiger partial charge in [0.1, 0.15) is 5.78 Å². The van der Waals surface area contributed by atoms with Crippen LogP contribution >= 0.6 is 0 Å². The first-order chi connectivity index (χ1) is 2.81. The second-order valence-electron chi connectivity index (χ2n) is 1.25. The van der Waals surface area contributed by atoms with Crippen molar-refractivity contribution in [1.29, 1.82) is 0 Å². The first-order valence-corrected chi connectivity index (χ1v) is 2.33. The standard InChI is InChI=1S/C5H10O.FH/c1-3-5(6)4-2;/h3-4H2,1-2H3;1H. The van der Waals surface area contributed by atoms with E-state index >= 15 is 0 Å². The van der Waals surface area contributed by atoms with Crippen LogP contribution in [0.1, 0.15) is 26.7 Å². The van der Waals surface area contributed by atoms with Crippen molar-refractivity contribution in [1.82, 2.24) is 0 Å². The fourth-order valence-corrected chi connectivity index (χ4v) is 0.250. The van der Waals surface area contributed by atoms with Crippen LogP contribution in [0.5, 0.6) is 0 Å². The largest absolute Gasteiger partial charge is 0.300 e. The molecule has 0 heterocycles. The van der Waals surface area contributed by atoms with E-state index in [4.69, 9.17) is 0 Å². The van der Waals surface area contributed by atoms with E-state index in [2.05, 4.69) is 0 Å². The third-order valence-corrected chi connectivity index (χ3v) is 0.789. The smallest absolute Gasteiger partial charge is 0.132 e. The highest BCUT2D eigenvalue weighted by molar-refractivity contribution is 5.77. The van der Waals surface area contributed by atoms with Crippen LogP contribution in [0.15, 0.2) is 0 Å². The summed E-state index contributed by atoms with van der Waals surface area (Å²) in [6.45, 7) is 3.76. The summed E-state index contributed by atoms with van der Waals surface area (Å²) in [6, 6.07) is 0. The van der Waals surface area contributed by atoms with E-state index in [-0.39, 0.29) is 4.70 Å². The summed E-state index contributed by atoms with van der Waals surface area (Å²) in [4.78, 5) is 10.2. The Hall–Kier alpha value is -0.400. The number of carbonyl (C=O) groups excluding carboxylic acids is 1. The van der Waals surface area contributed by atoms with Crippen LogP contribution in [0, 0.1) is 0 Å². The lowest BCUT2D eigenvalue weighted by Crippen LogP contribution is -1.88. The third-order valence-electron chi connectivity index (χ3n) is 0.789. The van der Waals surface area contributed by atoms with E-state index in [1.165, 1.54) is 0 Å². The number of carbonyl (C=O) groups is 1. The molecule has 0 aromatic rings. The van der Waals surface area contributed by atoms with Crippen LogP contribution in [0.4, 0.5) is 4.70 Å². The van der Waals surface area contributed by atoms with Gasteiger partial charge in [0.2, 0.25) is 0 Å². The lowest BCUT2D eigenvalue weighted by molar-refractivity contribution is -0.118. The number of hydrogen-bond donors (Lipinski definition) is 0. The van der Waals surface area contributed by atoms with Gasteiger partial charge in [0.15, 0.2) is 0 Å². The van der Waals surface area contributed by atoms with Crippen molar-refractivity contribution in [3.8, 4) is 0 Å². The molecule has 0 fully saturated rings.